The van der Waals surface area contributed by atoms with E-state index in [1.165, 1.54) is 25.7 Å². The molecule has 1 rings (SSSR count). The first-order valence-corrected chi connectivity index (χ1v) is 6.93. The third-order valence-corrected chi connectivity index (χ3v) is 3.78. The van der Waals surface area contributed by atoms with Crippen LogP contribution in [0.15, 0.2) is 0 Å². The van der Waals surface area contributed by atoms with Crippen molar-refractivity contribution in [3.05, 3.63) is 0 Å². The minimum Gasteiger partial charge on any atom is -0.316 e. The molecule has 1 aliphatic rings. The standard InChI is InChI=1S/C14H27NO/c1-3-4-5-6-7-9-13(16)14(2)10-8-11-15-12-14/h15H,3-12H2,1-2H3. The van der Waals surface area contributed by atoms with Crippen LogP contribution < -0.4 is 5.32 Å². The van der Waals surface area contributed by atoms with E-state index < -0.39 is 0 Å². The van der Waals surface area contributed by atoms with Gasteiger partial charge in [-0.15, -0.1) is 0 Å². The van der Waals surface area contributed by atoms with Gasteiger partial charge < -0.3 is 5.32 Å². The van der Waals surface area contributed by atoms with Crippen molar-refractivity contribution >= 4 is 5.78 Å². The van der Waals surface area contributed by atoms with Gasteiger partial charge in [-0.05, 0) is 25.8 Å². The molecule has 0 aromatic heterocycles. The number of nitrogens with one attached hydrogen (secondary N) is 1. The van der Waals surface area contributed by atoms with Crippen molar-refractivity contribution in [2.24, 2.45) is 5.41 Å². The van der Waals surface area contributed by atoms with Gasteiger partial charge in [0.1, 0.15) is 5.78 Å². The van der Waals surface area contributed by atoms with Crippen LogP contribution in [-0.4, -0.2) is 18.9 Å². The minimum atomic E-state index is -0.0665. The van der Waals surface area contributed by atoms with Crippen molar-refractivity contribution < 1.29 is 4.79 Å². The van der Waals surface area contributed by atoms with Crippen LogP contribution in [0.4, 0.5) is 0 Å². The Balaban J connectivity index is 2.18. The normalized spacial score (nSPS) is 25.6. The molecule has 1 aliphatic heterocycles. The Hall–Kier alpha value is -0.370. The maximum absolute atomic E-state index is 12.1. The van der Waals surface area contributed by atoms with Crippen molar-refractivity contribution in [1.29, 1.82) is 0 Å². The van der Waals surface area contributed by atoms with Gasteiger partial charge in [0.2, 0.25) is 0 Å². The molecular weight excluding hydrogens is 198 g/mol. The summed E-state index contributed by atoms with van der Waals surface area (Å²) in [4.78, 5) is 12.1. The number of hydrogen-bond acceptors (Lipinski definition) is 2. The molecule has 1 unspecified atom stereocenters. The molecule has 2 nitrogen and oxygen atoms in total. The monoisotopic (exact) mass is 225 g/mol. The zero-order valence-electron chi connectivity index (χ0n) is 11.0. The van der Waals surface area contributed by atoms with Gasteiger partial charge in [-0.1, -0.05) is 39.5 Å². The quantitative estimate of drug-likeness (QED) is 0.674. The molecule has 0 radical (unpaired) electrons. The summed E-state index contributed by atoms with van der Waals surface area (Å²) in [5.74, 6) is 0.483. The second kappa shape index (κ2) is 7.05. The van der Waals surface area contributed by atoms with Crippen molar-refractivity contribution in [2.45, 2.75) is 65.2 Å². The topological polar surface area (TPSA) is 29.1 Å². The lowest BCUT2D eigenvalue weighted by Crippen LogP contribution is -2.43. The van der Waals surface area contributed by atoms with Crippen LogP contribution in [0.25, 0.3) is 0 Å². The van der Waals surface area contributed by atoms with Crippen molar-refractivity contribution in [3.8, 4) is 0 Å². The number of ketones is 1. The van der Waals surface area contributed by atoms with Gasteiger partial charge in [0.05, 0.1) is 0 Å². The Morgan fingerprint density at radius 1 is 1.25 bits per heavy atom. The summed E-state index contributed by atoms with van der Waals surface area (Å²) >= 11 is 0. The first-order valence-electron chi connectivity index (χ1n) is 6.93. The minimum absolute atomic E-state index is 0.0665. The molecule has 0 amide bonds. The van der Waals surface area contributed by atoms with E-state index in [0.29, 0.717) is 5.78 Å². The number of carbonyl (C=O) groups is 1. The lowest BCUT2D eigenvalue weighted by atomic mass is 9.77. The molecule has 16 heavy (non-hydrogen) atoms. The molecule has 94 valence electrons. The van der Waals surface area contributed by atoms with E-state index in [1.807, 2.05) is 0 Å². The fraction of sp³-hybridized carbons (Fsp3) is 0.929. The fourth-order valence-electron chi connectivity index (χ4n) is 2.49. The van der Waals surface area contributed by atoms with Gasteiger partial charge in [0, 0.05) is 18.4 Å². The summed E-state index contributed by atoms with van der Waals surface area (Å²) in [6.07, 6.45) is 9.21. The first-order chi connectivity index (χ1) is 7.69. The Morgan fingerprint density at radius 3 is 2.62 bits per heavy atom. The molecular formula is C14H27NO. The van der Waals surface area contributed by atoms with E-state index in [1.54, 1.807) is 0 Å². The van der Waals surface area contributed by atoms with Crippen LogP contribution >= 0.6 is 0 Å². The Labute approximate surface area is 100 Å². The van der Waals surface area contributed by atoms with Crippen LogP contribution in [0, 0.1) is 5.41 Å². The molecule has 1 N–H and O–H groups in total. The van der Waals surface area contributed by atoms with E-state index in [0.717, 1.165) is 38.8 Å². The zero-order chi connectivity index (χ0) is 11.9. The summed E-state index contributed by atoms with van der Waals surface area (Å²) in [6, 6.07) is 0. The van der Waals surface area contributed by atoms with Gasteiger partial charge in [-0.25, -0.2) is 0 Å². The van der Waals surface area contributed by atoms with Crippen LogP contribution in [0.1, 0.15) is 65.2 Å². The van der Waals surface area contributed by atoms with Gasteiger partial charge in [-0.3, -0.25) is 4.79 Å². The van der Waals surface area contributed by atoms with E-state index in [4.69, 9.17) is 0 Å². The molecule has 1 atom stereocenters. The van der Waals surface area contributed by atoms with Crippen LogP contribution in [-0.2, 0) is 4.79 Å². The van der Waals surface area contributed by atoms with Crippen molar-refractivity contribution in [3.63, 3.8) is 0 Å². The van der Waals surface area contributed by atoms with Gasteiger partial charge >= 0.3 is 0 Å². The maximum Gasteiger partial charge on any atom is 0.140 e. The lowest BCUT2D eigenvalue weighted by Gasteiger charge is -2.32. The zero-order valence-corrected chi connectivity index (χ0v) is 11.0. The second-order valence-corrected chi connectivity index (χ2v) is 5.43. The summed E-state index contributed by atoms with van der Waals surface area (Å²) in [7, 11) is 0. The molecule has 0 aromatic carbocycles. The number of unbranched alkanes of at least 4 members (excludes halogenated alkanes) is 4. The maximum atomic E-state index is 12.1. The largest absolute Gasteiger partial charge is 0.316 e. The average Bonchev–Trinajstić information content (AvgIpc) is 2.29. The predicted octanol–water partition coefficient (Wildman–Crippen LogP) is 3.31. The van der Waals surface area contributed by atoms with Crippen molar-refractivity contribution in [1.82, 2.24) is 5.32 Å². The first kappa shape index (κ1) is 13.7. The van der Waals surface area contributed by atoms with Crippen molar-refractivity contribution in [2.75, 3.05) is 13.1 Å². The number of Topliss-reactive ketones (excluding diaryl/α,β-unsaturated/α-hetero) is 1. The smallest absolute Gasteiger partial charge is 0.140 e. The third kappa shape index (κ3) is 4.25. The van der Waals surface area contributed by atoms with Gasteiger partial charge in [-0.2, -0.15) is 0 Å². The molecule has 0 bridgehead atoms. The SMILES string of the molecule is CCCCCCCC(=O)C1(C)CCCNC1. The summed E-state index contributed by atoms with van der Waals surface area (Å²) in [6.45, 7) is 6.33. The van der Waals surface area contributed by atoms with E-state index in [2.05, 4.69) is 19.2 Å². The molecule has 0 spiro atoms. The Morgan fingerprint density at radius 2 is 2.00 bits per heavy atom. The fourth-order valence-corrected chi connectivity index (χ4v) is 2.49. The average molecular weight is 225 g/mol. The highest BCUT2D eigenvalue weighted by Gasteiger charge is 2.33. The number of hydrogen-bond donors (Lipinski definition) is 1. The van der Waals surface area contributed by atoms with E-state index >= 15 is 0 Å². The molecule has 1 heterocycles. The summed E-state index contributed by atoms with van der Waals surface area (Å²) in [5.41, 5.74) is -0.0665. The molecule has 1 saturated heterocycles. The molecule has 0 saturated carbocycles. The second-order valence-electron chi connectivity index (χ2n) is 5.43. The predicted molar refractivity (Wildman–Crippen MR) is 68.6 cm³/mol. The highest BCUT2D eigenvalue weighted by molar-refractivity contribution is 5.84. The highest BCUT2D eigenvalue weighted by atomic mass is 16.1. The van der Waals surface area contributed by atoms with Crippen LogP contribution in [0.2, 0.25) is 0 Å². The number of rotatable bonds is 7. The molecule has 0 aliphatic carbocycles. The van der Waals surface area contributed by atoms with E-state index in [-0.39, 0.29) is 5.41 Å². The molecule has 1 fully saturated rings. The third-order valence-electron chi connectivity index (χ3n) is 3.78. The summed E-state index contributed by atoms with van der Waals surface area (Å²) < 4.78 is 0. The Kier molecular flexibility index (Phi) is 6.04. The van der Waals surface area contributed by atoms with Gasteiger partial charge in [0.25, 0.3) is 0 Å². The summed E-state index contributed by atoms with van der Waals surface area (Å²) in [5, 5.41) is 3.35. The Bertz CT molecular complexity index is 207. The van der Waals surface area contributed by atoms with E-state index in [9.17, 15) is 4.79 Å². The molecule has 0 aromatic rings. The number of carbonyl (C=O) groups excluding carboxylic acids is 1. The molecule has 2 heteroatoms. The van der Waals surface area contributed by atoms with Gasteiger partial charge in [0.15, 0.2) is 0 Å². The number of piperidine rings is 1. The highest BCUT2D eigenvalue weighted by Crippen LogP contribution is 2.28. The lowest BCUT2D eigenvalue weighted by molar-refractivity contribution is -0.128. The van der Waals surface area contributed by atoms with Crippen LogP contribution in [0.5, 0.6) is 0 Å². The van der Waals surface area contributed by atoms with Crippen LogP contribution in [0.3, 0.4) is 0 Å².